The summed E-state index contributed by atoms with van der Waals surface area (Å²) in [5.41, 5.74) is 2.29. The Labute approximate surface area is 126 Å². The van der Waals surface area contributed by atoms with E-state index in [1.54, 1.807) is 0 Å². The number of hydrogen-bond donors (Lipinski definition) is 1. The molecule has 3 heteroatoms. The summed E-state index contributed by atoms with van der Waals surface area (Å²) in [6, 6.07) is 16.3. The molecule has 0 atom stereocenters. The lowest BCUT2D eigenvalue weighted by Gasteiger charge is -2.13. The molecule has 0 aliphatic carbocycles. The van der Waals surface area contributed by atoms with Crippen LogP contribution in [-0.4, -0.2) is 13.2 Å². The highest BCUT2D eigenvalue weighted by molar-refractivity contribution is 5.46. The Morgan fingerprint density at radius 3 is 2.43 bits per heavy atom. The van der Waals surface area contributed by atoms with Gasteiger partial charge in [0, 0.05) is 12.2 Å². The summed E-state index contributed by atoms with van der Waals surface area (Å²) in [4.78, 5) is 0. The third-order valence-electron chi connectivity index (χ3n) is 3.04. The van der Waals surface area contributed by atoms with Crippen molar-refractivity contribution in [3.8, 4) is 11.5 Å². The van der Waals surface area contributed by atoms with Crippen LogP contribution in [0.5, 0.6) is 11.5 Å². The average molecular weight is 285 g/mol. The van der Waals surface area contributed by atoms with Crippen LogP contribution in [0.15, 0.2) is 48.5 Å². The Morgan fingerprint density at radius 2 is 1.71 bits per heavy atom. The van der Waals surface area contributed by atoms with Crippen LogP contribution in [0.1, 0.15) is 25.8 Å². The maximum absolute atomic E-state index is 5.71. The molecule has 3 nitrogen and oxygen atoms in total. The second kappa shape index (κ2) is 8.20. The van der Waals surface area contributed by atoms with Gasteiger partial charge in [-0.15, -0.1) is 0 Å². The molecule has 0 fully saturated rings. The van der Waals surface area contributed by atoms with E-state index in [9.17, 15) is 0 Å². The predicted octanol–water partition coefficient (Wildman–Crippen LogP) is 4.49. The SMILES string of the molecule is CCCOc1ccc(CNc2ccccc2)cc1OCC. The van der Waals surface area contributed by atoms with Gasteiger partial charge in [0.2, 0.25) is 0 Å². The van der Waals surface area contributed by atoms with Gasteiger partial charge in [-0.25, -0.2) is 0 Å². The van der Waals surface area contributed by atoms with Crippen LogP contribution in [0.2, 0.25) is 0 Å². The van der Waals surface area contributed by atoms with E-state index in [2.05, 4.69) is 30.4 Å². The van der Waals surface area contributed by atoms with Crippen molar-refractivity contribution in [2.45, 2.75) is 26.8 Å². The molecule has 0 bridgehead atoms. The van der Waals surface area contributed by atoms with Gasteiger partial charge < -0.3 is 14.8 Å². The van der Waals surface area contributed by atoms with Gasteiger partial charge in [0.1, 0.15) is 0 Å². The van der Waals surface area contributed by atoms with Crippen molar-refractivity contribution in [2.24, 2.45) is 0 Å². The monoisotopic (exact) mass is 285 g/mol. The van der Waals surface area contributed by atoms with E-state index in [-0.39, 0.29) is 0 Å². The molecule has 0 saturated carbocycles. The molecular formula is C18H23NO2. The first-order chi connectivity index (χ1) is 10.3. The minimum absolute atomic E-state index is 0.637. The third kappa shape index (κ3) is 4.71. The Kier molecular flexibility index (Phi) is 5.95. The molecule has 0 heterocycles. The number of anilines is 1. The van der Waals surface area contributed by atoms with Crippen molar-refractivity contribution in [3.63, 3.8) is 0 Å². The molecular weight excluding hydrogens is 262 g/mol. The van der Waals surface area contributed by atoms with Crippen LogP contribution in [0.3, 0.4) is 0 Å². The van der Waals surface area contributed by atoms with Crippen LogP contribution >= 0.6 is 0 Å². The van der Waals surface area contributed by atoms with E-state index in [1.807, 2.05) is 37.3 Å². The molecule has 0 aromatic heterocycles. The van der Waals surface area contributed by atoms with Crippen molar-refractivity contribution >= 4 is 5.69 Å². The second-order valence-corrected chi connectivity index (χ2v) is 4.78. The number of para-hydroxylation sites is 1. The first-order valence-electron chi connectivity index (χ1n) is 7.51. The molecule has 0 spiro atoms. The molecule has 1 N–H and O–H groups in total. The lowest BCUT2D eigenvalue weighted by Crippen LogP contribution is -2.03. The molecule has 112 valence electrons. The molecule has 0 unspecified atom stereocenters. The van der Waals surface area contributed by atoms with Crippen LogP contribution in [0, 0.1) is 0 Å². The van der Waals surface area contributed by atoms with Crippen molar-refractivity contribution < 1.29 is 9.47 Å². The lowest BCUT2D eigenvalue weighted by atomic mass is 10.2. The van der Waals surface area contributed by atoms with Crippen molar-refractivity contribution in [3.05, 3.63) is 54.1 Å². The Morgan fingerprint density at radius 1 is 0.905 bits per heavy atom. The third-order valence-corrected chi connectivity index (χ3v) is 3.04. The zero-order valence-corrected chi connectivity index (χ0v) is 12.8. The maximum Gasteiger partial charge on any atom is 0.161 e. The first-order valence-corrected chi connectivity index (χ1v) is 7.51. The highest BCUT2D eigenvalue weighted by Gasteiger charge is 2.06. The van der Waals surface area contributed by atoms with Gasteiger partial charge in [-0.05, 0) is 43.2 Å². The first kappa shape index (κ1) is 15.2. The number of nitrogens with one attached hydrogen (secondary N) is 1. The lowest BCUT2D eigenvalue weighted by molar-refractivity contribution is 0.276. The fraction of sp³-hybridized carbons (Fsp3) is 0.333. The van der Waals surface area contributed by atoms with Crippen LogP contribution in [-0.2, 0) is 6.54 Å². The molecule has 0 amide bonds. The summed E-state index contributed by atoms with van der Waals surface area (Å²) < 4.78 is 11.4. The Bertz CT molecular complexity index is 540. The summed E-state index contributed by atoms with van der Waals surface area (Å²) in [6.45, 7) is 6.19. The molecule has 2 rings (SSSR count). The van der Waals surface area contributed by atoms with Gasteiger partial charge in [0.05, 0.1) is 13.2 Å². The standard InChI is InChI=1S/C18H23NO2/c1-3-12-21-17-11-10-15(13-18(17)20-4-2)14-19-16-8-6-5-7-9-16/h5-11,13,19H,3-4,12,14H2,1-2H3. The van der Waals surface area contributed by atoms with Crippen LogP contribution < -0.4 is 14.8 Å². The van der Waals surface area contributed by atoms with Crippen molar-refractivity contribution in [1.29, 1.82) is 0 Å². The van der Waals surface area contributed by atoms with Gasteiger partial charge >= 0.3 is 0 Å². The van der Waals surface area contributed by atoms with E-state index < -0.39 is 0 Å². The number of hydrogen-bond acceptors (Lipinski definition) is 3. The zero-order chi connectivity index (χ0) is 14.9. The van der Waals surface area contributed by atoms with Crippen molar-refractivity contribution in [2.75, 3.05) is 18.5 Å². The average Bonchev–Trinajstić information content (AvgIpc) is 2.53. The smallest absolute Gasteiger partial charge is 0.161 e. The molecule has 21 heavy (non-hydrogen) atoms. The van der Waals surface area contributed by atoms with Gasteiger partial charge in [-0.3, -0.25) is 0 Å². The fourth-order valence-electron chi connectivity index (χ4n) is 2.02. The molecule has 2 aromatic carbocycles. The number of ether oxygens (including phenoxy) is 2. The van der Waals surface area contributed by atoms with E-state index >= 15 is 0 Å². The Balaban J connectivity index is 2.04. The summed E-state index contributed by atoms with van der Waals surface area (Å²) >= 11 is 0. The summed E-state index contributed by atoms with van der Waals surface area (Å²) in [5, 5.41) is 3.40. The van der Waals surface area contributed by atoms with Gasteiger partial charge in [-0.2, -0.15) is 0 Å². The Hall–Kier alpha value is -2.16. The van der Waals surface area contributed by atoms with E-state index in [0.717, 1.165) is 30.2 Å². The summed E-state index contributed by atoms with van der Waals surface area (Å²) in [5.74, 6) is 1.64. The topological polar surface area (TPSA) is 30.5 Å². The minimum Gasteiger partial charge on any atom is -0.490 e. The second-order valence-electron chi connectivity index (χ2n) is 4.78. The zero-order valence-electron chi connectivity index (χ0n) is 12.8. The largest absolute Gasteiger partial charge is 0.490 e. The van der Waals surface area contributed by atoms with Gasteiger partial charge in [-0.1, -0.05) is 31.2 Å². The molecule has 0 radical (unpaired) electrons. The van der Waals surface area contributed by atoms with Crippen LogP contribution in [0.25, 0.3) is 0 Å². The summed E-state index contributed by atoms with van der Waals surface area (Å²) in [7, 11) is 0. The number of rotatable bonds is 8. The predicted molar refractivity (Wildman–Crippen MR) is 87.2 cm³/mol. The van der Waals surface area contributed by atoms with E-state index in [1.165, 1.54) is 5.56 Å². The molecule has 0 aliphatic rings. The fourth-order valence-corrected chi connectivity index (χ4v) is 2.02. The van der Waals surface area contributed by atoms with Crippen molar-refractivity contribution in [1.82, 2.24) is 0 Å². The molecule has 2 aromatic rings. The van der Waals surface area contributed by atoms with E-state index in [0.29, 0.717) is 13.2 Å². The maximum atomic E-state index is 5.71. The highest BCUT2D eigenvalue weighted by Crippen LogP contribution is 2.29. The molecule has 0 saturated heterocycles. The highest BCUT2D eigenvalue weighted by atomic mass is 16.5. The van der Waals surface area contributed by atoms with E-state index in [4.69, 9.17) is 9.47 Å². The van der Waals surface area contributed by atoms with Crippen LogP contribution in [0.4, 0.5) is 5.69 Å². The quantitative estimate of drug-likeness (QED) is 0.775. The summed E-state index contributed by atoms with van der Waals surface area (Å²) in [6.07, 6.45) is 0.989. The minimum atomic E-state index is 0.637. The van der Waals surface area contributed by atoms with Gasteiger partial charge in [0.25, 0.3) is 0 Å². The normalized spacial score (nSPS) is 10.2. The molecule has 0 aliphatic heterocycles. The van der Waals surface area contributed by atoms with Gasteiger partial charge in [0.15, 0.2) is 11.5 Å². The number of benzene rings is 2.